The SMILES string of the molecule is O=C(O)c1cc(S(=O)(=O)NNC(=O)C23CC4CC(CC(C4)C2)C3)ccc1Br. The maximum Gasteiger partial charge on any atom is 0.336 e. The Balaban J connectivity index is 1.49. The highest BCUT2D eigenvalue weighted by atomic mass is 79.9. The molecule has 4 saturated carbocycles. The van der Waals surface area contributed by atoms with Crippen molar-refractivity contribution < 1.29 is 23.1 Å². The van der Waals surface area contributed by atoms with E-state index in [4.69, 9.17) is 5.11 Å². The molecule has 1 aromatic carbocycles. The zero-order valence-corrected chi connectivity index (χ0v) is 17.0. The molecule has 0 radical (unpaired) electrons. The molecule has 27 heavy (non-hydrogen) atoms. The minimum absolute atomic E-state index is 0.162. The van der Waals surface area contributed by atoms with E-state index in [1.54, 1.807) is 0 Å². The van der Waals surface area contributed by atoms with Crippen LogP contribution in [0.25, 0.3) is 0 Å². The standard InChI is InChI=1S/C18H21BrN2O5S/c19-15-2-1-13(6-14(15)16(22)23)27(25,26)21-20-17(24)18-7-10-3-11(8-18)5-12(4-10)9-18/h1-2,6,10-12,21H,3-5,7-9H2,(H,20,24)(H,22,23). The zero-order chi connectivity index (χ0) is 19.4. The molecule has 0 unspecified atom stereocenters. The quantitative estimate of drug-likeness (QED) is 0.589. The average molecular weight is 457 g/mol. The van der Waals surface area contributed by atoms with Crippen LogP contribution >= 0.6 is 15.9 Å². The molecule has 3 N–H and O–H groups in total. The molecule has 0 saturated heterocycles. The van der Waals surface area contributed by atoms with E-state index in [1.165, 1.54) is 31.4 Å². The molecule has 4 fully saturated rings. The number of hydrazine groups is 1. The molecule has 1 amide bonds. The number of sulfonamides is 1. The topological polar surface area (TPSA) is 113 Å². The largest absolute Gasteiger partial charge is 0.478 e. The van der Waals surface area contributed by atoms with Gasteiger partial charge in [-0.3, -0.25) is 10.2 Å². The molecular formula is C18H21BrN2O5S. The van der Waals surface area contributed by atoms with Crippen LogP contribution in [0, 0.1) is 23.2 Å². The van der Waals surface area contributed by atoms with Crippen molar-refractivity contribution in [3.8, 4) is 0 Å². The summed E-state index contributed by atoms with van der Waals surface area (Å²) in [5.41, 5.74) is 1.77. The summed E-state index contributed by atoms with van der Waals surface area (Å²) in [5, 5.41) is 9.16. The van der Waals surface area contributed by atoms with Gasteiger partial charge in [-0.25, -0.2) is 13.2 Å². The highest BCUT2D eigenvalue weighted by Crippen LogP contribution is 2.60. The van der Waals surface area contributed by atoms with Gasteiger partial charge >= 0.3 is 5.97 Å². The molecule has 4 aliphatic rings. The molecule has 9 heteroatoms. The van der Waals surface area contributed by atoms with Crippen molar-refractivity contribution in [2.24, 2.45) is 23.2 Å². The fourth-order valence-corrected chi connectivity index (χ4v) is 6.81. The molecule has 146 valence electrons. The summed E-state index contributed by atoms with van der Waals surface area (Å²) in [5.74, 6) is 0.215. The van der Waals surface area contributed by atoms with E-state index in [2.05, 4.69) is 26.2 Å². The van der Waals surface area contributed by atoms with Crippen LogP contribution in [0.4, 0.5) is 0 Å². The number of halogens is 1. The maximum absolute atomic E-state index is 12.9. The first-order valence-corrected chi connectivity index (χ1v) is 11.3. The number of carbonyl (C=O) groups is 2. The van der Waals surface area contributed by atoms with Gasteiger partial charge in [0, 0.05) is 4.47 Å². The van der Waals surface area contributed by atoms with Crippen molar-refractivity contribution in [3.05, 3.63) is 28.2 Å². The Morgan fingerprint density at radius 3 is 2.15 bits per heavy atom. The Bertz CT molecular complexity index is 879. The van der Waals surface area contributed by atoms with Crippen molar-refractivity contribution in [2.75, 3.05) is 0 Å². The minimum atomic E-state index is -4.07. The average Bonchev–Trinajstić information content (AvgIpc) is 2.58. The predicted octanol–water partition coefficient (Wildman–Crippen LogP) is 2.67. The first-order valence-electron chi connectivity index (χ1n) is 9.04. The van der Waals surface area contributed by atoms with Crippen molar-refractivity contribution in [1.29, 1.82) is 0 Å². The van der Waals surface area contributed by atoms with Gasteiger partial charge in [-0.2, -0.15) is 0 Å². The molecule has 4 bridgehead atoms. The summed E-state index contributed by atoms with van der Waals surface area (Å²) in [6.45, 7) is 0. The summed E-state index contributed by atoms with van der Waals surface area (Å²) in [7, 11) is -4.07. The van der Waals surface area contributed by atoms with Crippen LogP contribution in [-0.4, -0.2) is 25.4 Å². The van der Waals surface area contributed by atoms with Gasteiger partial charge in [0.1, 0.15) is 0 Å². The predicted molar refractivity (Wildman–Crippen MR) is 100 cm³/mol. The lowest BCUT2D eigenvalue weighted by atomic mass is 9.49. The normalized spacial score (nSPS) is 31.7. The van der Waals surface area contributed by atoms with Gasteiger partial charge in [-0.1, -0.05) is 0 Å². The Labute approximate surface area is 166 Å². The lowest BCUT2D eigenvalue weighted by Gasteiger charge is -2.55. The van der Waals surface area contributed by atoms with Crippen LogP contribution in [0.15, 0.2) is 27.6 Å². The third-order valence-corrected chi connectivity index (χ3v) is 8.23. The maximum atomic E-state index is 12.9. The van der Waals surface area contributed by atoms with E-state index in [0.717, 1.165) is 25.3 Å². The Morgan fingerprint density at radius 1 is 1.07 bits per heavy atom. The molecule has 7 nitrogen and oxygen atoms in total. The molecule has 1 aromatic rings. The molecule has 0 atom stereocenters. The second-order valence-electron chi connectivity index (χ2n) is 8.20. The number of benzene rings is 1. The lowest BCUT2D eigenvalue weighted by Crippen LogP contribution is -2.56. The van der Waals surface area contributed by atoms with Crippen LogP contribution in [0.5, 0.6) is 0 Å². The van der Waals surface area contributed by atoms with Gasteiger partial charge in [0.15, 0.2) is 0 Å². The van der Waals surface area contributed by atoms with Crippen molar-refractivity contribution in [1.82, 2.24) is 10.3 Å². The second kappa shape index (κ2) is 6.56. The van der Waals surface area contributed by atoms with Gasteiger partial charge in [0.05, 0.1) is 15.9 Å². The number of amides is 1. The first-order chi connectivity index (χ1) is 12.7. The number of aromatic carboxylic acids is 1. The number of rotatable bonds is 5. The summed E-state index contributed by atoms with van der Waals surface area (Å²) in [6.07, 6.45) is 6.05. The number of carboxylic acids is 1. The number of carbonyl (C=O) groups excluding carboxylic acids is 1. The summed E-state index contributed by atoms with van der Waals surface area (Å²) in [6, 6.07) is 3.71. The van der Waals surface area contributed by atoms with E-state index in [0.29, 0.717) is 17.8 Å². The van der Waals surface area contributed by atoms with E-state index in [9.17, 15) is 18.0 Å². The van der Waals surface area contributed by atoms with E-state index >= 15 is 0 Å². The molecule has 0 spiro atoms. The van der Waals surface area contributed by atoms with Crippen LogP contribution in [0.3, 0.4) is 0 Å². The number of hydrogen-bond acceptors (Lipinski definition) is 4. The third kappa shape index (κ3) is 3.40. The Morgan fingerprint density at radius 2 is 1.63 bits per heavy atom. The minimum Gasteiger partial charge on any atom is -0.478 e. The Kier molecular flexibility index (Phi) is 4.59. The van der Waals surface area contributed by atoms with E-state index in [-0.39, 0.29) is 20.8 Å². The van der Waals surface area contributed by atoms with E-state index < -0.39 is 21.4 Å². The molecular weight excluding hydrogens is 436 g/mol. The van der Waals surface area contributed by atoms with Gasteiger partial charge in [0.2, 0.25) is 5.91 Å². The molecule has 4 aliphatic carbocycles. The summed E-state index contributed by atoms with van der Waals surface area (Å²) < 4.78 is 25.3. The van der Waals surface area contributed by atoms with Crippen molar-refractivity contribution >= 4 is 37.8 Å². The zero-order valence-electron chi connectivity index (χ0n) is 14.6. The van der Waals surface area contributed by atoms with Gasteiger partial charge in [0.25, 0.3) is 10.0 Å². The molecule has 0 aliphatic heterocycles. The molecule has 0 heterocycles. The fraction of sp³-hybridized carbons (Fsp3) is 0.556. The van der Waals surface area contributed by atoms with Gasteiger partial charge in [-0.05, 0) is 90.4 Å². The summed E-state index contributed by atoms with van der Waals surface area (Å²) >= 11 is 3.08. The molecule has 5 rings (SSSR count). The third-order valence-electron chi connectivity index (χ3n) is 6.30. The highest BCUT2D eigenvalue weighted by Gasteiger charge is 2.54. The molecule has 0 aromatic heterocycles. The number of hydrogen-bond donors (Lipinski definition) is 3. The first kappa shape index (κ1) is 18.9. The number of nitrogens with one attached hydrogen (secondary N) is 2. The van der Waals surface area contributed by atoms with Crippen LogP contribution < -0.4 is 10.3 Å². The highest BCUT2D eigenvalue weighted by molar-refractivity contribution is 9.10. The van der Waals surface area contributed by atoms with Gasteiger partial charge in [-0.15, -0.1) is 4.83 Å². The van der Waals surface area contributed by atoms with E-state index in [1.807, 2.05) is 0 Å². The van der Waals surface area contributed by atoms with Crippen LogP contribution in [0.1, 0.15) is 48.9 Å². The van der Waals surface area contributed by atoms with Crippen molar-refractivity contribution in [3.63, 3.8) is 0 Å². The monoisotopic (exact) mass is 456 g/mol. The smallest absolute Gasteiger partial charge is 0.336 e. The summed E-state index contributed by atoms with van der Waals surface area (Å²) in [4.78, 5) is 26.0. The fourth-order valence-electron chi connectivity index (χ4n) is 5.53. The Hall–Kier alpha value is -1.45. The van der Waals surface area contributed by atoms with Gasteiger partial charge < -0.3 is 5.11 Å². The number of carboxylic acid groups (broad SMARTS) is 1. The van der Waals surface area contributed by atoms with Crippen LogP contribution in [0.2, 0.25) is 0 Å². The van der Waals surface area contributed by atoms with Crippen LogP contribution in [-0.2, 0) is 14.8 Å². The van der Waals surface area contributed by atoms with Crippen molar-refractivity contribution in [2.45, 2.75) is 43.4 Å². The lowest BCUT2D eigenvalue weighted by molar-refractivity contribution is -0.146. The second-order valence-corrected chi connectivity index (χ2v) is 10.7.